The Kier molecular flexibility index (Phi) is 5.73. The molecule has 0 unspecified atom stereocenters. The van der Waals surface area contributed by atoms with E-state index in [1.807, 2.05) is 18.2 Å². The first-order valence-electron chi connectivity index (χ1n) is 8.25. The van der Waals surface area contributed by atoms with E-state index in [0.717, 1.165) is 5.69 Å². The van der Waals surface area contributed by atoms with Crippen molar-refractivity contribution in [3.8, 4) is 5.75 Å². The van der Waals surface area contributed by atoms with E-state index in [1.54, 1.807) is 43.6 Å². The number of nitrogens with one attached hydrogen (secondary N) is 2. The summed E-state index contributed by atoms with van der Waals surface area (Å²) in [5, 5.41) is 5.50. The fraction of sp³-hybridized carbons (Fsp3) is 0.100. The molecule has 2 heterocycles. The van der Waals surface area contributed by atoms with Crippen LogP contribution in [-0.4, -0.2) is 28.9 Å². The molecule has 0 aliphatic carbocycles. The lowest BCUT2D eigenvalue weighted by molar-refractivity contribution is 0.0950. The number of pyridine rings is 2. The molecule has 0 aliphatic heterocycles. The van der Waals surface area contributed by atoms with Crippen molar-refractivity contribution in [1.82, 2.24) is 15.3 Å². The zero-order valence-electron chi connectivity index (χ0n) is 14.7. The van der Waals surface area contributed by atoms with Gasteiger partial charge in [-0.1, -0.05) is 6.07 Å². The van der Waals surface area contributed by atoms with Gasteiger partial charge in [0.1, 0.15) is 11.4 Å². The first kappa shape index (κ1) is 18.1. The van der Waals surface area contributed by atoms with Gasteiger partial charge in [-0.05, 0) is 48.5 Å². The summed E-state index contributed by atoms with van der Waals surface area (Å²) in [6.45, 7) is 0.301. The normalized spacial score (nSPS) is 10.1. The molecule has 3 aromatic rings. The maximum Gasteiger partial charge on any atom is 0.274 e. The van der Waals surface area contributed by atoms with Gasteiger partial charge >= 0.3 is 0 Å². The number of hydrogen-bond donors (Lipinski definition) is 2. The van der Waals surface area contributed by atoms with E-state index < -0.39 is 5.91 Å². The van der Waals surface area contributed by atoms with Crippen LogP contribution >= 0.6 is 0 Å². The minimum Gasteiger partial charge on any atom is -0.497 e. The van der Waals surface area contributed by atoms with Gasteiger partial charge in [0, 0.05) is 23.6 Å². The Bertz CT molecular complexity index is 927. The number of hydrogen-bond acceptors (Lipinski definition) is 5. The van der Waals surface area contributed by atoms with Gasteiger partial charge in [0.25, 0.3) is 11.8 Å². The third-order valence-electron chi connectivity index (χ3n) is 3.76. The molecule has 1 aromatic carbocycles. The number of methoxy groups -OCH3 is 1. The minimum atomic E-state index is -0.403. The highest BCUT2D eigenvalue weighted by molar-refractivity contribution is 6.04. The summed E-state index contributed by atoms with van der Waals surface area (Å²) in [5.41, 5.74) is 1.85. The van der Waals surface area contributed by atoms with Gasteiger partial charge in [-0.2, -0.15) is 0 Å². The lowest BCUT2D eigenvalue weighted by atomic mass is 10.2. The summed E-state index contributed by atoms with van der Waals surface area (Å²) < 4.78 is 5.08. The highest BCUT2D eigenvalue weighted by atomic mass is 16.5. The van der Waals surface area contributed by atoms with E-state index in [0.29, 0.717) is 23.5 Å². The van der Waals surface area contributed by atoms with Crippen molar-refractivity contribution in [2.45, 2.75) is 6.54 Å². The monoisotopic (exact) mass is 362 g/mol. The molecule has 7 nitrogen and oxygen atoms in total. The molecule has 0 saturated heterocycles. The van der Waals surface area contributed by atoms with Crippen LogP contribution in [0.25, 0.3) is 0 Å². The van der Waals surface area contributed by atoms with Crippen molar-refractivity contribution in [2.75, 3.05) is 12.4 Å². The molecule has 0 fully saturated rings. The quantitative estimate of drug-likeness (QED) is 0.703. The van der Waals surface area contributed by atoms with E-state index in [-0.39, 0.29) is 11.6 Å². The van der Waals surface area contributed by atoms with Crippen LogP contribution in [0, 0.1) is 0 Å². The number of nitrogens with zero attached hydrogens (tertiary/aromatic N) is 2. The van der Waals surface area contributed by atoms with E-state index >= 15 is 0 Å². The van der Waals surface area contributed by atoms with Crippen LogP contribution in [0.5, 0.6) is 5.75 Å². The highest BCUT2D eigenvalue weighted by Gasteiger charge is 2.12. The fourth-order valence-electron chi connectivity index (χ4n) is 2.34. The first-order chi connectivity index (χ1) is 13.2. The predicted molar refractivity (Wildman–Crippen MR) is 101 cm³/mol. The second-order valence-electron chi connectivity index (χ2n) is 5.62. The first-order valence-corrected chi connectivity index (χ1v) is 8.25. The molecule has 0 bridgehead atoms. The number of ether oxygens (including phenoxy) is 1. The maximum atomic E-state index is 12.4. The Hall–Kier alpha value is -3.74. The fourth-order valence-corrected chi connectivity index (χ4v) is 2.34. The molecular weight excluding hydrogens is 344 g/mol. The highest BCUT2D eigenvalue weighted by Crippen LogP contribution is 2.15. The molecule has 0 saturated carbocycles. The molecule has 7 heteroatoms. The smallest absolute Gasteiger partial charge is 0.274 e. The Morgan fingerprint density at radius 1 is 0.963 bits per heavy atom. The Morgan fingerprint density at radius 3 is 2.48 bits per heavy atom. The summed E-state index contributed by atoms with van der Waals surface area (Å²) in [5.74, 6) is -0.0150. The summed E-state index contributed by atoms with van der Waals surface area (Å²) in [6.07, 6.45) is 3.09. The zero-order valence-corrected chi connectivity index (χ0v) is 14.7. The van der Waals surface area contributed by atoms with Crippen LogP contribution in [0.15, 0.2) is 67.0 Å². The predicted octanol–water partition coefficient (Wildman–Crippen LogP) is 2.67. The molecule has 3 rings (SSSR count). The number of carbonyl (C=O) groups is 2. The Labute approximate surface area is 156 Å². The summed E-state index contributed by atoms with van der Waals surface area (Å²) >= 11 is 0. The van der Waals surface area contributed by atoms with E-state index in [1.165, 1.54) is 12.3 Å². The van der Waals surface area contributed by atoms with Crippen molar-refractivity contribution in [3.63, 3.8) is 0 Å². The van der Waals surface area contributed by atoms with Gasteiger partial charge in [0.15, 0.2) is 0 Å². The molecule has 0 aliphatic rings. The van der Waals surface area contributed by atoms with Crippen molar-refractivity contribution in [2.24, 2.45) is 0 Å². The van der Waals surface area contributed by atoms with Gasteiger partial charge in [0.05, 0.1) is 19.3 Å². The minimum absolute atomic E-state index is 0.149. The van der Waals surface area contributed by atoms with Crippen LogP contribution < -0.4 is 15.4 Å². The van der Waals surface area contributed by atoms with Crippen LogP contribution in [0.3, 0.4) is 0 Å². The van der Waals surface area contributed by atoms with Crippen LogP contribution in [0.2, 0.25) is 0 Å². The van der Waals surface area contributed by atoms with Crippen molar-refractivity contribution < 1.29 is 14.3 Å². The van der Waals surface area contributed by atoms with Gasteiger partial charge in [-0.25, -0.2) is 0 Å². The maximum absolute atomic E-state index is 12.4. The van der Waals surface area contributed by atoms with Crippen molar-refractivity contribution in [3.05, 3.63) is 83.9 Å². The van der Waals surface area contributed by atoms with E-state index in [9.17, 15) is 9.59 Å². The number of rotatable bonds is 6. The average molecular weight is 362 g/mol. The molecule has 2 amide bonds. The summed E-state index contributed by atoms with van der Waals surface area (Å²) in [6, 6.07) is 15.4. The van der Waals surface area contributed by atoms with Crippen LogP contribution in [-0.2, 0) is 6.54 Å². The van der Waals surface area contributed by atoms with Crippen LogP contribution in [0.4, 0.5) is 5.69 Å². The number of benzene rings is 1. The zero-order chi connectivity index (χ0) is 19.1. The number of anilines is 1. The summed E-state index contributed by atoms with van der Waals surface area (Å²) in [7, 11) is 1.57. The molecule has 27 heavy (non-hydrogen) atoms. The standard InChI is InChI=1S/C20H18N4O3/c1-27-17-7-5-15(6-8-17)24-20(26)18-12-14(9-11-22-18)19(25)23-13-16-4-2-3-10-21-16/h2-12H,13H2,1H3,(H,23,25)(H,24,26). The largest absolute Gasteiger partial charge is 0.497 e. The molecule has 0 atom stereocenters. The lowest BCUT2D eigenvalue weighted by Gasteiger charge is -2.08. The number of amides is 2. The number of carbonyl (C=O) groups excluding carboxylic acids is 2. The Balaban J connectivity index is 1.64. The molecular formula is C20H18N4O3. The Morgan fingerprint density at radius 2 is 1.78 bits per heavy atom. The second kappa shape index (κ2) is 8.57. The van der Waals surface area contributed by atoms with E-state index in [4.69, 9.17) is 4.74 Å². The van der Waals surface area contributed by atoms with Gasteiger partial charge in [-0.15, -0.1) is 0 Å². The topological polar surface area (TPSA) is 93.2 Å². The number of aromatic nitrogens is 2. The average Bonchev–Trinajstić information content (AvgIpc) is 2.73. The molecule has 2 N–H and O–H groups in total. The summed E-state index contributed by atoms with van der Waals surface area (Å²) in [4.78, 5) is 32.9. The van der Waals surface area contributed by atoms with Gasteiger partial charge in [0.2, 0.25) is 0 Å². The molecule has 2 aromatic heterocycles. The third kappa shape index (κ3) is 4.88. The van der Waals surface area contributed by atoms with Gasteiger partial charge < -0.3 is 15.4 Å². The second-order valence-corrected chi connectivity index (χ2v) is 5.62. The molecule has 0 spiro atoms. The van der Waals surface area contributed by atoms with Crippen LogP contribution in [0.1, 0.15) is 26.5 Å². The molecule has 136 valence electrons. The van der Waals surface area contributed by atoms with Crippen molar-refractivity contribution in [1.29, 1.82) is 0 Å². The van der Waals surface area contributed by atoms with Gasteiger partial charge in [-0.3, -0.25) is 19.6 Å². The SMILES string of the molecule is COc1ccc(NC(=O)c2cc(C(=O)NCc3ccccn3)ccn2)cc1. The third-order valence-corrected chi connectivity index (χ3v) is 3.76. The van der Waals surface area contributed by atoms with Crippen molar-refractivity contribution >= 4 is 17.5 Å². The van der Waals surface area contributed by atoms with E-state index in [2.05, 4.69) is 20.6 Å². The molecule has 0 radical (unpaired) electrons. The lowest BCUT2D eigenvalue weighted by Crippen LogP contribution is -2.24.